The highest BCUT2D eigenvalue weighted by molar-refractivity contribution is 7.27. The van der Waals surface area contributed by atoms with E-state index in [1.54, 1.807) is 0 Å². The summed E-state index contributed by atoms with van der Waals surface area (Å²) in [6.45, 7) is 0. The first-order valence-electron chi connectivity index (χ1n) is 17.3. The van der Waals surface area contributed by atoms with E-state index in [1.165, 1.54) is 73.4 Å². The van der Waals surface area contributed by atoms with Crippen LogP contribution in [0.5, 0.6) is 0 Å². The van der Waals surface area contributed by atoms with Crippen molar-refractivity contribution in [1.82, 2.24) is 15.2 Å². The van der Waals surface area contributed by atoms with Crippen molar-refractivity contribution in [3.05, 3.63) is 174 Å². The average molecular weight is 691 g/mol. The van der Waals surface area contributed by atoms with Crippen LogP contribution in [0.4, 0.5) is 0 Å². The number of aliphatic imine (C=N–C) groups is 1. The van der Waals surface area contributed by atoms with Gasteiger partial charge >= 0.3 is 0 Å². The Labute approximate surface area is 301 Å². The smallest absolute Gasteiger partial charge is 0.131 e. The van der Waals surface area contributed by atoms with Crippen molar-refractivity contribution < 1.29 is 0 Å². The summed E-state index contributed by atoms with van der Waals surface area (Å²) in [6.07, 6.45) is -0.261. The Bertz CT molecular complexity index is 2940. The third kappa shape index (κ3) is 4.65. The van der Waals surface area contributed by atoms with Crippen LogP contribution in [0, 0.1) is 0 Å². The topological polar surface area (TPSA) is 41.4 Å². The molecule has 4 heterocycles. The fourth-order valence-corrected chi connectivity index (χ4v) is 10.1. The third-order valence-electron chi connectivity index (χ3n) is 10.3. The standard InChI is InChI=1S/C45H30N4S2/c1-3-11-27(12-4-1)43-46-44(28-13-5-2-6-14-28)48-45(47-43)29-19-22-39-34(23-29)36-26-41-35(25-42(36)50-39)33-21-20-30(24-40(33)51-41)49-37-17-9-7-15-31(37)32-16-8-10-18-38(32)49/h1-26,43,45,47H,(H,46,48). The fraction of sp³-hybridized carbons (Fsp3) is 0.0444. The molecule has 2 atom stereocenters. The molecular weight excluding hydrogens is 661 g/mol. The highest BCUT2D eigenvalue weighted by Crippen LogP contribution is 2.43. The number of thiophene rings is 2. The van der Waals surface area contributed by atoms with Crippen molar-refractivity contribution in [3.8, 4) is 5.69 Å². The van der Waals surface area contributed by atoms with Crippen LogP contribution in [0.1, 0.15) is 29.0 Å². The number of nitrogens with one attached hydrogen (secondary N) is 2. The van der Waals surface area contributed by atoms with E-state index in [0.29, 0.717) is 0 Å². The molecule has 242 valence electrons. The third-order valence-corrected chi connectivity index (χ3v) is 12.5. The van der Waals surface area contributed by atoms with E-state index in [0.717, 1.165) is 17.0 Å². The first kappa shape index (κ1) is 29.0. The Kier molecular flexibility index (Phi) is 6.46. The van der Waals surface area contributed by atoms with E-state index >= 15 is 0 Å². The van der Waals surface area contributed by atoms with Gasteiger partial charge < -0.3 is 9.88 Å². The first-order chi connectivity index (χ1) is 25.2. The largest absolute Gasteiger partial charge is 0.350 e. The minimum Gasteiger partial charge on any atom is -0.350 e. The molecule has 0 aliphatic carbocycles. The number of amidine groups is 1. The maximum atomic E-state index is 5.21. The van der Waals surface area contributed by atoms with Crippen molar-refractivity contribution in [1.29, 1.82) is 0 Å². The monoisotopic (exact) mass is 690 g/mol. The molecule has 2 N–H and O–H groups in total. The lowest BCUT2D eigenvalue weighted by molar-refractivity contribution is 0.409. The average Bonchev–Trinajstić information content (AvgIpc) is 3.85. The van der Waals surface area contributed by atoms with Crippen LogP contribution in [0.2, 0.25) is 0 Å². The number of aromatic nitrogens is 1. The molecule has 3 aromatic heterocycles. The molecule has 11 rings (SSSR count). The molecule has 0 spiro atoms. The second-order valence-corrected chi connectivity index (χ2v) is 15.4. The van der Waals surface area contributed by atoms with Crippen LogP contribution >= 0.6 is 22.7 Å². The van der Waals surface area contributed by atoms with Gasteiger partial charge in [-0.15, -0.1) is 22.7 Å². The van der Waals surface area contributed by atoms with Crippen LogP contribution in [-0.2, 0) is 0 Å². The minimum atomic E-state index is -0.196. The van der Waals surface area contributed by atoms with E-state index in [2.05, 4.69) is 167 Å². The summed E-state index contributed by atoms with van der Waals surface area (Å²) < 4.78 is 7.64. The summed E-state index contributed by atoms with van der Waals surface area (Å²) >= 11 is 3.76. The van der Waals surface area contributed by atoms with E-state index in [4.69, 9.17) is 4.99 Å². The molecule has 1 aliphatic rings. The lowest BCUT2D eigenvalue weighted by Gasteiger charge is -2.32. The molecule has 1 aliphatic heterocycles. The summed E-state index contributed by atoms with van der Waals surface area (Å²) in [5.41, 5.74) is 7.09. The highest BCUT2D eigenvalue weighted by Gasteiger charge is 2.26. The summed E-state index contributed by atoms with van der Waals surface area (Å²) in [7, 11) is 0. The van der Waals surface area contributed by atoms with Gasteiger partial charge in [0.25, 0.3) is 0 Å². The van der Waals surface area contributed by atoms with Crippen molar-refractivity contribution in [2.75, 3.05) is 0 Å². The van der Waals surface area contributed by atoms with Gasteiger partial charge in [0.1, 0.15) is 18.2 Å². The van der Waals surface area contributed by atoms with Crippen LogP contribution in [0.3, 0.4) is 0 Å². The van der Waals surface area contributed by atoms with Crippen molar-refractivity contribution >= 4 is 90.7 Å². The quantitative estimate of drug-likeness (QED) is 0.193. The van der Waals surface area contributed by atoms with E-state index in [1.807, 2.05) is 28.7 Å². The second-order valence-electron chi connectivity index (χ2n) is 13.3. The van der Waals surface area contributed by atoms with Gasteiger partial charge in [0.15, 0.2) is 0 Å². The van der Waals surface area contributed by atoms with Gasteiger partial charge in [0, 0.05) is 62.4 Å². The van der Waals surface area contributed by atoms with Gasteiger partial charge in [-0.05, 0) is 59.7 Å². The van der Waals surface area contributed by atoms with Crippen molar-refractivity contribution in [2.45, 2.75) is 12.3 Å². The van der Waals surface area contributed by atoms with Crippen LogP contribution in [-0.4, -0.2) is 10.4 Å². The molecule has 0 radical (unpaired) electrons. The SMILES string of the molecule is c1ccc(C2=NC(c3ccc4sc5cc6c(cc5c4c3)sc3cc(-n4c5ccccc5c5ccccc54)ccc36)NC(c3ccccc3)N2)cc1. The molecule has 0 saturated carbocycles. The Morgan fingerprint density at radius 1 is 0.471 bits per heavy atom. The molecule has 6 heteroatoms. The number of hydrogen-bond acceptors (Lipinski definition) is 5. The van der Waals surface area contributed by atoms with Gasteiger partial charge in [-0.3, -0.25) is 5.32 Å². The molecule has 51 heavy (non-hydrogen) atoms. The van der Waals surface area contributed by atoms with Crippen molar-refractivity contribution in [3.63, 3.8) is 0 Å². The summed E-state index contributed by atoms with van der Waals surface area (Å²) in [6, 6.07) is 57.1. The number of hydrogen-bond donors (Lipinski definition) is 2. The van der Waals surface area contributed by atoms with Gasteiger partial charge in [0.2, 0.25) is 0 Å². The minimum absolute atomic E-state index is 0.0654. The zero-order chi connectivity index (χ0) is 33.5. The maximum absolute atomic E-state index is 5.21. The van der Waals surface area contributed by atoms with Gasteiger partial charge in [-0.2, -0.15) is 0 Å². The first-order valence-corrected chi connectivity index (χ1v) is 18.9. The zero-order valence-electron chi connectivity index (χ0n) is 27.4. The number of benzene rings is 7. The predicted octanol–water partition coefficient (Wildman–Crippen LogP) is 11.9. The lowest BCUT2D eigenvalue weighted by atomic mass is 10.0. The van der Waals surface area contributed by atoms with Gasteiger partial charge in [-0.25, -0.2) is 4.99 Å². The number of nitrogens with zero attached hydrogens (tertiary/aromatic N) is 2. The lowest BCUT2D eigenvalue weighted by Crippen LogP contribution is -2.44. The Morgan fingerprint density at radius 2 is 1.08 bits per heavy atom. The normalized spacial score (nSPS) is 16.4. The summed E-state index contributed by atoms with van der Waals surface area (Å²) in [5, 5.41) is 15.2. The van der Waals surface area contributed by atoms with E-state index < -0.39 is 0 Å². The van der Waals surface area contributed by atoms with E-state index in [-0.39, 0.29) is 12.3 Å². The second kappa shape index (κ2) is 11.4. The zero-order valence-corrected chi connectivity index (χ0v) is 29.0. The molecular formula is C45H30N4S2. The summed E-state index contributed by atoms with van der Waals surface area (Å²) in [4.78, 5) is 5.21. The Balaban J connectivity index is 1.03. The van der Waals surface area contributed by atoms with E-state index in [9.17, 15) is 0 Å². The maximum Gasteiger partial charge on any atom is 0.131 e. The van der Waals surface area contributed by atoms with Gasteiger partial charge in [-0.1, -0.05) is 109 Å². The molecule has 7 aromatic carbocycles. The number of rotatable bonds is 4. The predicted molar refractivity (Wildman–Crippen MR) is 218 cm³/mol. The Hall–Kier alpha value is -5.79. The van der Waals surface area contributed by atoms with Crippen LogP contribution < -0.4 is 10.6 Å². The number of fused-ring (bicyclic) bond motifs is 9. The summed E-state index contributed by atoms with van der Waals surface area (Å²) in [5.74, 6) is 0.899. The Morgan fingerprint density at radius 3 is 1.82 bits per heavy atom. The molecule has 0 fully saturated rings. The van der Waals surface area contributed by atoms with Crippen LogP contribution in [0.25, 0.3) is 67.8 Å². The molecule has 2 unspecified atom stereocenters. The highest BCUT2D eigenvalue weighted by atomic mass is 32.1. The van der Waals surface area contributed by atoms with Gasteiger partial charge in [0.05, 0.1) is 11.0 Å². The molecule has 0 saturated heterocycles. The molecule has 0 amide bonds. The molecule has 4 nitrogen and oxygen atoms in total. The number of para-hydroxylation sites is 2. The fourth-order valence-electron chi connectivity index (χ4n) is 7.85. The van der Waals surface area contributed by atoms with Crippen molar-refractivity contribution in [2.24, 2.45) is 4.99 Å². The molecule has 10 aromatic rings. The van der Waals surface area contributed by atoms with Crippen LogP contribution in [0.15, 0.2) is 163 Å². The molecule has 0 bridgehead atoms.